The highest BCUT2D eigenvalue weighted by atomic mass is 16.6. The summed E-state index contributed by atoms with van der Waals surface area (Å²) >= 11 is 0. The first-order valence-corrected chi connectivity index (χ1v) is 5.49. The average molecular weight is 223 g/mol. The lowest BCUT2D eigenvalue weighted by Crippen LogP contribution is -2.37. The molecule has 1 fully saturated rings. The van der Waals surface area contributed by atoms with E-state index in [1.54, 1.807) is 9.58 Å². The third kappa shape index (κ3) is 1.66. The molecule has 1 saturated heterocycles. The van der Waals surface area contributed by atoms with E-state index in [9.17, 15) is 4.79 Å². The summed E-state index contributed by atoms with van der Waals surface area (Å²) in [6.07, 6.45) is 1.35. The zero-order valence-electron chi connectivity index (χ0n) is 10.0. The number of nitrogens with zero attached hydrogens (tertiary/aromatic N) is 3. The van der Waals surface area contributed by atoms with Crippen molar-refractivity contribution in [2.24, 2.45) is 7.05 Å². The van der Waals surface area contributed by atoms with Crippen LogP contribution in [-0.4, -0.2) is 32.9 Å². The predicted molar refractivity (Wildman–Crippen MR) is 58.9 cm³/mol. The number of hydrogen-bond donors (Lipinski definition) is 0. The molecule has 0 bridgehead atoms. The third-order valence-electron chi connectivity index (χ3n) is 2.90. The van der Waals surface area contributed by atoms with Crippen molar-refractivity contribution in [1.82, 2.24) is 14.7 Å². The van der Waals surface area contributed by atoms with E-state index in [1.165, 1.54) is 0 Å². The zero-order valence-corrected chi connectivity index (χ0v) is 10.0. The highest BCUT2D eigenvalue weighted by Crippen LogP contribution is 2.32. The van der Waals surface area contributed by atoms with Crippen molar-refractivity contribution < 1.29 is 9.53 Å². The third-order valence-corrected chi connectivity index (χ3v) is 2.90. The molecule has 2 heterocycles. The van der Waals surface area contributed by atoms with Crippen LogP contribution < -0.4 is 0 Å². The highest BCUT2D eigenvalue weighted by Gasteiger charge is 2.41. The van der Waals surface area contributed by atoms with Crippen LogP contribution in [0.5, 0.6) is 0 Å². The van der Waals surface area contributed by atoms with Crippen LogP contribution in [0.2, 0.25) is 0 Å². The van der Waals surface area contributed by atoms with E-state index in [-0.39, 0.29) is 24.3 Å². The molecular weight excluding hydrogens is 206 g/mol. The summed E-state index contributed by atoms with van der Waals surface area (Å²) in [7, 11) is 1.85. The summed E-state index contributed by atoms with van der Waals surface area (Å²) in [5.41, 5.74) is 0.812. The topological polar surface area (TPSA) is 47.4 Å². The summed E-state index contributed by atoms with van der Waals surface area (Å²) in [4.78, 5) is 13.4. The lowest BCUT2D eigenvalue weighted by molar-refractivity contribution is 0.127. The van der Waals surface area contributed by atoms with E-state index < -0.39 is 0 Å². The average Bonchev–Trinajstić information content (AvgIpc) is 2.70. The number of aryl methyl sites for hydroxylation is 1. The number of hydrogen-bond acceptors (Lipinski definition) is 3. The molecule has 1 aliphatic heterocycles. The molecule has 0 unspecified atom stereocenters. The smallest absolute Gasteiger partial charge is 0.411 e. The molecule has 1 amide bonds. The maximum Gasteiger partial charge on any atom is 0.411 e. The van der Waals surface area contributed by atoms with Crippen LogP contribution in [0, 0.1) is 0 Å². The summed E-state index contributed by atoms with van der Waals surface area (Å²) in [6, 6.07) is 2.07. The number of ether oxygens (including phenoxy) is 1. The number of rotatable bonds is 2. The second-order valence-electron chi connectivity index (χ2n) is 4.46. The Balaban J connectivity index is 2.23. The molecule has 0 radical (unpaired) electrons. The Morgan fingerprint density at radius 2 is 2.19 bits per heavy atom. The normalized spacial score (nSPS) is 25.3. The Labute approximate surface area is 95.0 Å². The zero-order chi connectivity index (χ0) is 11.9. The van der Waals surface area contributed by atoms with Crippen LogP contribution in [0.3, 0.4) is 0 Å². The summed E-state index contributed by atoms with van der Waals surface area (Å²) in [5, 5.41) is 4.28. The van der Waals surface area contributed by atoms with Crippen molar-refractivity contribution in [1.29, 1.82) is 0 Å². The standard InChI is InChI=1S/C11H17N3O2/c1-7(2)14-8(3)10(16-11(14)15)9-5-6-13(4)12-9/h5-8,10H,1-4H3/t8-,10-/m0/s1. The molecular formula is C11H17N3O2. The number of cyclic esters (lactones) is 1. The minimum atomic E-state index is -0.254. The van der Waals surface area contributed by atoms with Gasteiger partial charge in [-0.1, -0.05) is 0 Å². The molecule has 2 rings (SSSR count). The van der Waals surface area contributed by atoms with Crippen LogP contribution in [0.1, 0.15) is 32.6 Å². The molecule has 1 aromatic rings. The van der Waals surface area contributed by atoms with E-state index in [2.05, 4.69) is 5.10 Å². The fourth-order valence-electron chi connectivity index (χ4n) is 2.15. The number of carbonyl (C=O) groups excluding carboxylic acids is 1. The Morgan fingerprint density at radius 3 is 2.62 bits per heavy atom. The Morgan fingerprint density at radius 1 is 1.50 bits per heavy atom. The van der Waals surface area contributed by atoms with Gasteiger partial charge in [0.25, 0.3) is 0 Å². The fraction of sp³-hybridized carbons (Fsp3) is 0.636. The van der Waals surface area contributed by atoms with Gasteiger partial charge in [0.05, 0.1) is 6.04 Å². The first-order valence-electron chi connectivity index (χ1n) is 5.49. The lowest BCUT2D eigenvalue weighted by Gasteiger charge is -2.23. The van der Waals surface area contributed by atoms with Crippen LogP contribution >= 0.6 is 0 Å². The van der Waals surface area contributed by atoms with Gasteiger partial charge in [0, 0.05) is 19.3 Å². The van der Waals surface area contributed by atoms with Crippen LogP contribution in [0.15, 0.2) is 12.3 Å². The molecule has 0 saturated carbocycles. The molecule has 0 aliphatic carbocycles. The van der Waals surface area contributed by atoms with Crippen molar-refractivity contribution in [3.63, 3.8) is 0 Å². The predicted octanol–water partition coefficient (Wildman–Crippen LogP) is 1.71. The molecule has 0 N–H and O–H groups in total. The van der Waals surface area contributed by atoms with E-state index in [0.717, 1.165) is 5.69 Å². The Hall–Kier alpha value is -1.52. The Kier molecular flexibility index (Phi) is 2.61. The van der Waals surface area contributed by atoms with E-state index in [1.807, 2.05) is 40.1 Å². The lowest BCUT2D eigenvalue weighted by atomic mass is 10.1. The quantitative estimate of drug-likeness (QED) is 0.766. The van der Waals surface area contributed by atoms with Crippen molar-refractivity contribution in [3.8, 4) is 0 Å². The van der Waals surface area contributed by atoms with Gasteiger partial charge >= 0.3 is 6.09 Å². The second kappa shape index (κ2) is 3.81. The molecule has 5 nitrogen and oxygen atoms in total. The molecule has 0 spiro atoms. The molecule has 1 aromatic heterocycles. The SMILES string of the molecule is CC(C)N1C(=O)O[C@H](c2ccn(C)n2)[C@@H]1C. The molecule has 2 atom stereocenters. The van der Waals surface area contributed by atoms with E-state index >= 15 is 0 Å². The van der Waals surface area contributed by atoms with Crippen LogP contribution in [-0.2, 0) is 11.8 Å². The van der Waals surface area contributed by atoms with Gasteiger partial charge in [0.2, 0.25) is 0 Å². The van der Waals surface area contributed by atoms with Gasteiger partial charge in [-0.3, -0.25) is 9.58 Å². The van der Waals surface area contributed by atoms with Crippen molar-refractivity contribution in [2.75, 3.05) is 0 Å². The van der Waals surface area contributed by atoms with Gasteiger partial charge in [-0.2, -0.15) is 5.10 Å². The van der Waals surface area contributed by atoms with E-state index in [0.29, 0.717) is 0 Å². The summed E-state index contributed by atoms with van der Waals surface area (Å²) in [6.45, 7) is 5.96. The number of aromatic nitrogens is 2. The minimum absolute atomic E-state index is 0.0300. The minimum Gasteiger partial charge on any atom is -0.437 e. The maximum absolute atomic E-state index is 11.7. The van der Waals surface area contributed by atoms with Crippen LogP contribution in [0.25, 0.3) is 0 Å². The first kappa shape index (κ1) is 11.0. The van der Waals surface area contributed by atoms with E-state index in [4.69, 9.17) is 4.74 Å². The Bertz CT molecular complexity index is 400. The van der Waals surface area contributed by atoms with Crippen LogP contribution in [0.4, 0.5) is 4.79 Å². The first-order chi connectivity index (χ1) is 7.50. The summed E-state index contributed by atoms with van der Waals surface area (Å²) in [5.74, 6) is 0. The van der Waals surface area contributed by atoms with Gasteiger partial charge < -0.3 is 4.74 Å². The van der Waals surface area contributed by atoms with Gasteiger partial charge in [0.1, 0.15) is 5.69 Å². The number of carbonyl (C=O) groups is 1. The monoisotopic (exact) mass is 223 g/mol. The van der Waals surface area contributed by atoms with Gasteiger partial charge in [-0.05, 0) is 26.8 Å². The molecule has 0 aromatic carbocycles. The summed E-state index contributed by atoms with van der Waals surface area (Å²) < 4.78 is 7.07. The van der Waals surface area contributed by atoms with Gasteiger partial charge in [0.15, 0.2) is 6.10 Å². The fourth-order valence-corrected chi connectivity index (χ4v) is 2.15. The second-order valence-corrected chi connectivity index (χ2v) is 4.46. The van der Waals surface area contributed by atoms with Gasteiger partial charge in [-0.25, -0.2) is 4.79 Å². The molecule has 1 aliphatic rings. The van der Waals surface area contributed by atoms with Crippen molar-refractivity contribution in [3.05, 3.63) is 18.0 Å². The van der Waals surface area contributed by atoms with Gasteiger partial charge in [-0.15, -0.1) is 0 Å². The molecule has 5 heteroatoms. The highest BCUT2D eigenvalue weighted by molar-refractivity contribution is 5.71. The molecule has 88 valence electrons. The van der Waals surface area contributed by atoms with Crippen molar-refractivity contribution >= 4 is 6.09 Å². The number of amides is 1. The van der Waals surface area contributed by atoms with Crippen molar-refractivity contribution in [2.45, 2.75) is 39.0 Å². The largest absolute Gasteiger partial charge is 0.437 e. The maximum atomic E-state index is 11.7. The molecule has 16 heavy (non-hydrogen) atoms.